The Kier molecular flexibility index (Phi) is 14.7. The third kappa shape index (κ3) is 10.8. The van der Waals surface area contributed by atoms with Crippen molar-refractivity contribution < 1.29 is 82.4 Å². The Morgan fingerprint density at radius 3 is 1.20 bits per heavy atom. The molecule has 0 amide bonds. The molecule has 18 atom stereocenters. The lowest BCUT2D eigenvalue weighted by atomic mass is 10.0. The van der Waals surface area contributed by atoms with E-state index in [-0.39, 0.29) is 63.8 Å². The summed E-state index contributed by atoms with van der Waals surface area (Å²) in [5.74, 6) is 0.268. The van der Waals surface area contributed by atoms with Gasteiger partial charge < -0.3 is 82.4 Å². The highest BCUT2D eigenvalue weighted by Crippen LogP contribution is 2.31. The van der Waals surface area contributed by atoms with Gasteiger partial charge in [-0.15, -0.1) is 0 Å². The third-order valence-electron chi connectivity index (χ3n) is 10.3. The summed E-state index contributed by atoms with van der Waals surface area (Å²) in [5, 5.41) is 52.9. The molecular weight excluding hydrogens is 680 g/mol. The van der Waals surface area contributed by atoms with E-state index in [1.807, 2.05) is 13.8 Å². The van der Waals surface area contributed by atoms with Gasteiger partial charge in [0.15, 0.2) is 31.5 Å². The van der Waals surface area contributed by atoms with Gasteiger partial charge in [-0.2, -0.15) is 0 Å². The van der Waals surface area contributed by atoms with Crippen LogP contribution in [0.15, 0.2) is 0 Å². The monoisotopic (exact) mass is 738 g/mol. The second kappa shape index (κ2) is 18.8. The van der Waals surface area contributed by atoms with Crippen molar-refractivity contribution in [3.05, 3.63) is 0 Å². The molecule has 296 valence electrons. The summed E-state index contributed by atoms with van der Waals surface area (Å²) in [6.07, 6.45) is -8.69. The van der Waals surface area contributed by atoms with E-state index in [0.717, 1.165) is 0 Å². The number of hydrogen-bond acceptors (Lipinski definition) is 17. The standard InChI is InChI=1S/C34H58O17/c1-4-28-23(35)6-18(12-41-28)47-31-25(37)7-19(13-43-31)48-32-26(38)8-20(14-44-32)49-33-27(39)9-21(15-45-33)51-34-29(40-3)10-22(16-46-34)50-30-24(36)5-17(2)11-42-30/h17-39H,4-16H2,1-3H3/t17-,18-,19-,20-,21-,22-,23+,24+,25+,26+,27+,28+,29+,30+,31+,32+,33+,34+/m0/s1. The molecule has 17 nitrogen and oxygen atoms in total. The molecule has 6 aliphatic rings. The fourth-order valence-electron chi connectivity index (χ4n) is 7.49. The molecule has 0 aromatic rings. The van der Waals surface area contributed by atoms with Gasteiger partial charge >= 0.3 is 0 Å². The zero-order valence-electron chi connectivity index (χ0n) is 29.7. The van der Waals surface area contributed by atoms with Gasteiger partial charge in [-0.25, -0.2) is 0 Å². The normalized spacial score (nSPS) is 48.7. The smallest absolute Gasteiger partial charge is 0.184 e. The van der Waals surface area contributed by atoms with Crippen molar-refractivity contribution >= 4 is 0 Å². The number of methoxy groups -OCH3 is 1. The number of rotatable bonds is 12. The summed E-state index contributed by atoms with van der Waals surface area (Å²) in [4.78, 5) is 0. The van der Waals surface area contributed by atoms with Crippen LogP contribution in [0, 0.1) is 5.92 Å². The van der Waals surface area contributed by atoms with Gasteiger partial charge in [0.2, 0.25) is 0 Å². The van der Waals surface area contributed by atoms with E-state index >= 15 is 0 Å². The first kappa shape index (κ1) is 40.0. The Hall–Kier alpha value is -0.680. The van der Waals surface area contributed by atoms with E-state index in [2.05, 4.69) is 0 Å². The van der Waals surface area contributed by atoms with Crippen molar-refractivity contribution in [3.63, 3.8) is 0 Å². The van der Waals surface area contributed by atoms with Crippen LogP contribution in [0.25, 0.3) is 0 Å². The Labute approximate surface area is 298 Å². The molecule has 6 saturated heterocycles. The van der Waals surface area contributed by atoms with Gasteiger partial charge in [0.05, 0.1) is 82.4 Å². The van der Waals surface area contributed by atoms with Gasteiger partial charge in [-0.3, -0.25) is 0 Å². The first-order valence-corrected chi connectivity index (χ1v) is 18.5. The van der Waals surface area contributed by atoms with E-state index < -0.39 is 92.5 Å². The fraction of sp³-hybridized carbons (Fsp3) is 1.00. The predicted octanol–water partition coefficient (Wildman–Crippen LogP) is -0.701. The summed E-state index contributed by atoms with van der Waals surface area (Å²) in [7, 11) is 1.56. The maximum absolute atomic E-state index is 10.9. The zero-order chi connectivity index (χ0) is 36.1. The number of aliphatic hydroxyl groups excluding tert-OH is 5. The summed E-state index contributed by atoms with van der Waals surface area (Å²) in [5.41, 5.74) is 0. The quantitative estimate of drug-likeness (QED) is 0.168. The maximum Gasteiger partial charge on any atom is 0.184 e. The van der Waals surface area contributed by atoms with Crippen LogP contribution >= 0.6 is 0 Å². The molecule has 0 aliphatic carbocycles. The molecule has 0 aromatic carbocycles. The largest absolute Gasteiger partial charge is 0.390 e. The molecule has 0 aromatic heterocycles. The SMILES string of the molecule is CC[C@H]1OC[C@@H](O[C@H]2OC[C@@H](O[C@H]3OC[C@@H](O[C@H]4OC[C@@H](O[C@H]5OC[C@@H](O[C@H]6OC[C@@H](C)C[C@H]6O)C[C@H]5OC)C[C@H]4O)C[C@H]3O)C[C@H]2O)C[C@H]1O. The Balaban J connectivity index is 0.870. The van der Waals surface area contributed by atoms with E-state index in [4.69, 9.17) is 56.8 Å². The van der Waals surface area contributed by atoms with Crippen LogP contribution < -0.4 is 0 Å². The van der Waals surface area contributed by atoms with Crippen LogP contribution in [0.4, 0.5) is 0 Å². The van der Waals surface area contributed by atoms with Gasteiger partial charge in [-0.1, -0.05) is 13.8 Å². The van der Waals surface area contributed by atoms with Crippen LogP contribution in [0.5, 0.6) is 0 Å². The Morgan fingerprint density at radius 1 is 0.451 bits per heavy atom. The fourth-order valence-corrected chi connectivity index (χ4v) is 7.49. The van der Waals surface area contributed by atoms with E-state index in [1.54, 1.807) is 7.11 Å². The van der Waals surface area contributed by atoms with Crippen LogP contribution in [-0.2, 0) is 56.8 Å². The minimum atomic E-state index is -1.03. The highest BCUT2D eigenvalue weighted by Gasteiger charge is 2.43. The molecule has 0 bridgehead atoms. The Morgan fingerprint density at radius 2 is 0.804 bits per heavy atom. The molecule has 0 spiro atoms. The highest BCUT2D eigenvalue weighted by atomic mass is 16.8. The minimum Gasteiger partial charge on any atom is -0.390 e. The van der Waals surface area contributed by atoms with Crippen molar-refractivity contribution in [2.75, 3.05) is 46.8 Å². The lowest BCUT2D eigenvalue weighted by Crippen LogP contribution is -2.53. The van der Waals surface area contributed by atoms with E-state index in [1.165, 1.54) is 0 Å². The molecule has 51 heavy (non-hydrogen) atoms. The molecule has 0 radical (unpaired) electrons. The van der Waals surface area contributed by atoms with Gasteiger partial charge in [0.1, 0.15) is 30.5 Å². The minimum absolute atomic E-state index is 0.0927. The average molecular weight is 739 g/mol. The second-order valence-electron chi connectivity index (χ2n) is 14.7. The highest BCUT2D eigenvalue weighted by molar-refractivity contribution is 4.84. The third-order valence-corrected chi connectivity index (χ3v) is 10.3. The van der Waals surface area contributed by atoms with Crippen LogP contribution in [0.3, 0.4) is 0 Å². The summed E-state index contributed by atoms with van der Waals surface area (Å²) in [6, 6.07) is 0. The molecule has 6 rings (SSSR count). The molecule has 0 unspecified atom stereocenters. The predicted molar refractivity (Wildman–Crippen MR) is 171 cm³/mol. The average Bonchev–Trinajstić information content (AvgIpc) is 3.10. The van der Waals surface area contributed by atoms with Crippen molar-refractivity contribution in [1.29, 1.82) is 0 Å². The Bertz CT molecular complexity index is 1040. The molecular formula is C34H58O17. The lowest BCUT2D eigenvalue weighted by Gasteiger charge is -2.42. The molecule has 6 heterocycles. The van der Waals surface area contributed by atoms with Crippen molar-refractivity contribution in [3.8, 4) is 0 Å². The number of hydrogen-bond donors (Lipinski definition) is 5. The maximum atomic E-state index is 10.9. The van der Waals surface area contributed by atoms with Crippen LogP contribution in [-0.4, -0.2) is 177 Å². The molecule has 6 aliphatic heterocycles. The molecule has 6 fully saturated rings. The second-order valence-corrected chi connectivity index (χ2v) is 14.7. The summed E-state index contributed by atoms with van der Waals surface area (Å²) < 4.78 is 70.1. The first-order chi connectivity index (χ1) is 24.6. The van der Waals surface area contributed by atoms with Crippen molar-refractivity contribution in [2.45, 2.75) is 163 Å². The zero-order valence-corrected chi connectivity index (χ0v) is 29.7. The van der Waals surface area contributed by atoms with E-state index in [0.29, 0.717) is 38.9 Å². The molecule has 17 heteroatoms. The van der Waals surface area contributed by atoms with Gasteiger partial charge in [0, 0.05) is 39.2 Å². The lowest BCUT2D eigenvalue weighted by molar-refractivity contribution is -0.329. The first-order valence-electron chi connectivity index (χ1n) is 18.5. The topological polar surface area (TPSA) is 212 Å². The van der Waals surface area contributed by atoms with E-state index in [9.17, 15) is 25.5 Å². The van der Waals surface area contributed by atoms with Gasteiger partial charge in [0.25, 0.3) is 0 Å². The van der Waals surface area contributed by atoms with Gasteiger partial charge in [-0.05, 0) is 18.8 Å². The van der Waals surface area contributed by atoms with Crippen molar-refractivity contribution in [2.24, 2.45) is 5.92 Å². The molecule has 0 saturated carbocycles. The van der Waals surface area contributed by atoms with Crippen LogP contribution in [0.2, 0.25) is 0 Å². The summed E-state index contributed by atoms with van der Waals surface area (Å²) in [6.45, 7) is 5.39. The van der Waals surface area contributed by atoms with Crippen molar-refractivity contribution in [1.82, 2.24) is 0 Å². The van der Waals surface area contributed by atoms with Crippen LogP contribution in [0.1, 0.15) is 58.8 Å². The summed E-state index contributed by atoms with van der Waals surface area (Å²) >= 11 is 0. The number of ether oxygens (including phenoxy) is 12. The number of aliphatic hydroxyl groups is 5. The molecule has 5 N–H and O–H groups in total.